The van der Waals surface area contributed by atoms with Crippen molar-refractivity contribution in [2.24, 2.45) is 0 Å². The second kappa shape index (κ2) is 9.45. The summed E-state index contributed by atoms with van der Waals surface area (Å²) in [7, 11) is -2.24. The quantitative estimate of drug-likeness (QED) is 0.596. The Labute approximate surface area is 177 Å². The molecule has 0 saturated carbocycles. The van der Waals surface area contributed by atoms with Crippen molar-refractivity contribution in [3.8, 4) is 5.75 Å². The van der Waals surface area contributed by atoms with Crippen LogP contribution in [0.4, 0.5) is 5.69 Å². The Hall–Kier alpha value is -3.32. The first kappa shape index (κ1) is 21.4. The fourth-order valence-electron chi connectivity index (χ4n) is 2.89. The topological polar surface area (TPSA) is 75.7 Å². The lowest BCUT2D eigenvalue weighted by Crippen LogP contribution is -2.27. The van der Waals surface area contributed by atoms with Gasteiger partial charge in [0.1, 0.15) is 5.75 Å². The Kier molecular flexibility index (Phi) is 6.74. The highest BCUT2D eigenvalue weighted by atomic mass is 32.2. The average Bonchev–Trinajstić information content (AvgIpc) is 2.78. The van der Waals surface area contributed by atoms with E-state index in [1.165, 1.54) is 11.4 Å². The zero-order valence-electron chi connectivity index (χ0n) is 16.9. The maximum atomic E-state index is 12.8. The molecule has 3 aromatic carbocycles. The highest BCUT2D eigenvalue weighted by molar-refractivity contribution is 7.92. The number of nitrogens with one attached hydrogen (secondary N) is 1. The van der Waals surface area contributed by atoms with Gasteiger partial charge in [-0.25, -0.2) is 8.42 Å². The van der Waals surface area contributed by atoms with Crippen molar-refractivity contribution in [2.45, 2.75) is 18.4 Å². The van der Waals surface area contributed by atoms with Crippen LogP contribution in [0, 0.1) is 0 Å². The van der Waals surface area contributed by atoms with Crippen LogP contribution in [0.2, 0.25) is 0 Å². The summed E-state index contributed by atoms with van der Waals surface area (Å²) in [6, 6.07) is 22.2. The highest BCUT2D eigenvalue weighted by Gasteiger charge is 2.21. The minimum atomic E-state index is -3.71. The number of hydrogen-bond donors (Lipinski definition) is 1. The van der Waals surface area contributed by atoms with Crippen molar-refractivity contribution in [2.75, 3.05) is 18.0 Å². The number of nitrogens with zero attached hydrogens (tertiary/aromatic N) is 1. The van der Waals surface area contributed by atoms with Gasteiger partial charge in [0.15, 0.2) is 0 Å². The van der Waals surface area contributed by atoms with Crippen molar-refractivity contribution in [1.29, 1.82) is 0 Å². The molecule has 0 aromatic heterocycles. The van der Waals surface area contributed by atoms with Crippen molar-refractivity contribution in [3.05, 3.63) is 90.0 Å². The monoisotopic (exact) mass is 424 g/mol. The molecule has 156 valence electrons. The lowest BCUT2D eigenvalue weighted by atomic mass is 10.1. The maximum Gasteiger partial charge on any atom is 0.264 e. The van der Waals surface area contributed by atoms with E-state index in [-0.39, 0.29) is 10.8 Å². The number of benzene rings is 3. The van der Waals surface area contributed by atoms with Gasteiger partial charge < -0.3 is 10.1 Å². The fraction of sp³-hybridized carbons (Fsp3) is 0.174. The van der Waals surface area contributed by atoms with Gasteiger partial charge in [-0.1, -0.05) is 36.4 Å². The standard InChI is InChI=1S/C23H24N2O4S/c1-3-29-21-14-12-18(13-15-21)17-24-23(26)19-8-7-9-20(16-19)25(2)30(27,28)22-10-5-4-6-11-22/h4-16H,3,17H2,1-2H3,(H,24,26). The third-order valence-electron chi connectivity index (χ3n) is 4.56. The third-order valence-corrected chi connectivity index (χ3v) is 6.36. The second-order valence-corrected chi connectivity index (χ2v) is 8.56. The summed E-state index contributed by atoms with van der Waals surface area (Å²) in [6.45, 7) is 2.87. The summed E-state index contributed by atoms with van der Waals surface area (Å²) in [5.74, 6) is 0.499. The van der Waals surface area contributed by atoms with Crippen LogP contribution in [0.1, 0.15) is 22.8 Å². The van der Waals surface area contributed by atoms with E-state index in [0.29, 0.717) is 24.4 Å². The molecule has 7 heteroatoms. The predicted octanol–water partition coefficient (Wildman–Crippen LogP) is 3.84. The maximum absolute atomic E-state index is 12.8. The first-order valence-electron chi connectivity index (χ1n) is 9.56. The largest absolute Gasteiger partial charge is 0.494 e. The van der Waals surface area contributed by atoms with Crippen molar-refractivity contribution >= 4 is 21.6 Å². The highest BCUT2D eigenvalue weighted by Crippen LogP contribution is 2.23. The van der Waals surface area contributed by atoms with Crippen molar-refractivity contribution in [3.63, 3.8) is 0 Å². The summed E-state index contributed by atoms with van der Waals surface area (Å²) in [6.07, 6.45) is 0. The minimum Gasteiger partial charge on any atom is -0.494 e. The van der Waals surface area contributed by atoms with Crippen LogP contribution in [0.5, 0.6) is 5.75 Å². The van der Waals surface area contributed by atoms with Crippen LogP contribution < -0.4 is 14.4 Å². The van der Waals surface area contributed by atoms with E-state index >= 15 is 0 Å². The first-order chi connectivity index (χ1) is 14.4. The molecule has 1 amide bonds. The normalized spacial score (nSPS) is 11.0. The summed E-state index contributed by atoms with van der Waals surface area (Å²) in [5, 5.41) is 2.86. The van der Waals surface area contributed by atoms with Crippen molar-refractivity contribution < 1.29 is 17.9 Å². The van der Waals surface area contributed by atoms with E-state index in [1.807, 2.05) is 31.2 Å². The van der Waals surface area contributed by atoms with Crippen LogP contribution in [0.3, 0.4) is 0 Å². The smallest absolute Gasteiger partial charge is 0.264 e. The van der Waals surface area contributed by atoms with Gasteiger partial charge in [-0.2, -0.15) is 0 Å². The van der Waals surface area contributed by atoms with E-state index < -0.39 is 10.0 Å². The number of ether oxygens (including phenoxy) is 1. The molecule has 0 radical (unpaired) electrons. The van der Waals surface area contributed by atoms with Gasteiger partial charge in [-0.15, -0.1) is 0 Å². The lowest BCUT2D eigenvalue weighted by Gasteiger charge is -2.20. The Morgan fingerprint density at radius 3 is 2.33 bits per heavy atom. The summed E-state index contributed by atoms with van der Waals surface area (Å²) >= 11 is 0. The summed E-state index contributed by atoms with van der Waals surface area (Å²) in [4.78, 5) is 12.8. The van der Waals surface area contributed by atoms with Crippen LogP contribution in [0.15, 0.2) is 83.8 Å². The van der Waals surface area contributed by atoms with Gasteiger partial charge in [-0.05, 0) is 55.0 Å². The SMILES string of the molecule is CCOc1ccc(CNC(=O)c2cccc(N(C)S(=O)(=O)c3ccccc3)c2)cc1. The molecule has 0 aliphatic heterocycles. The zero-order chi connectivity index (χ0) is 21.6. The zero-order valence-corrected chi connectivity index (χ0v) is 17.7. The molecule has 0 aliphatic rings. The molecule has 6 nitrogen and oxygen atoms in total. The molecule has 0 aliphatic carbocycles. The number of rotatable bonds is 8. The van der Waals surface area contributed by atoms with Gasteiger partial charge in [0.2, 0.25) is 0 Å². The molecule has 3 rings (SSSR count). The molecular weight excluding hydrogens is 400 g/mol. The molecule has 0 atom stereocenters. The molecular formula is C23H24N2O4S. The Balaban J connectivity index is 1.70. The number of carbonyl (C=O) groups excluding carboxylic acids is 1. The number of anilines is 1. The number of amides is 1. The minimum absolute atomic E-state index is 0.192. The van der Waals surface area contributed by atoms with Gasteiger partial charge >= 0.3 is 0 Å². The molecule has 0 saturated heterocycles. The molecule has 3 aromatic rings. The Bertz CT molecular complexity index is 1100. The van der Waals surface area contributed by atoms with E-state index in [4.69, 9.17) is 4.74 Å². The number of sulfonamides is 1. The van der Waals surface area contributed by atoms with Gasteiger partial charge in [0.05, 0.1) is 17.2 Å². The van der Waals surface area contributed by atoms with Gasteiger partial charge in [0.25, 0.3) is 15.9 Å². The summed E-state index contributed by atoms with van der Waals surface area (Å²) in [5.41, 5.74) is 1.73. The van der Waals surface area contributed by atoms with E-state index in [2.05, 4.69) is 5.32 Å². The van der Waals surface area contributed by atoms with E-state index in [1.54, 1.807) is 54.6 Å². The van der Waals surface area contributed by atoms with Crippen LogP contribution in [0.25, 0.3) is 0 Å². The van der Waals surface area contributed by atoms with Crippen LogP contribution in [-0.4, -0.2) is 28.0 Å². The van der Waals surface area contributed by atoms with Crippen molar-refractivity contribution in [1.82, 2.24) is 5.32 Å². The average molecular weight is 425 g/mol. The molecule has 0 unspecified atom stereocenters. The molecule has 1 N–H and O–H groups in total. The predicted molar refractivity (Wildman–Crippen MR) is 117 cm³/mol. The molecule has 0 fully saturated rings. The Morgan fingerprint density at radius 2 is 1.67 bits per heavy atom. The van der Waals surface area contributed by atoms with Crippen LogP contribution in [-0.2, 0) is 16.6 Å². The number of carbonyl (C=O) groups is 1. The summed E-state index contributed by atoms with van der Waals surface area (Å²) < 4.78 is 32.2. The second-order valence-electron chi connectivity index (χ2n) is 6.60. The van der Waals surface area contributed by atoms with Crippen LogP contribution >= 0.6 is 0 Å². The van der Waals surface area contributed by atoms with Gasteiger partial charge in [0, 0.05) is 19.2 Å². The molecule has 0 spiro atoms. The van der Waals surface area contributed by atoms with E-state index in [9.17, 15) is 13.2 Å². The number of hydrogen-bond acceptors (Lipinski definition) is 4. The Morgan fingerprint density at radius 1 is 0.967 bits per heavy atom. The molecule has 0 heterocycles. The van der Waals surface area contributed by atoms with Gasteiger partial charge in [-0.3, -0.25) is 9.10 Å². The third kappa shape index (κ3) is 4.99. The fourth-order valence-corrected chi connectivity index (χ4v) is 4.10. The first-order valence-corrected chi connectivity index (χ1v) is 11.0. The van der Waals surface area contributed by atoms with E-state index in [0.717, 1.165) is 11.3 Å². The lowest BCUT2D eigenvalue weighted by molar-refractivity contribution is 0.0951. The molecule has 30 heavy (non-hydrogen) atoms. The molecule has 0 bridgehead atoms.